The SMILES string of the molecule is Cc1cc(C)c(C(=O)N2CCCC(C(N)=S)C2)c(C)c1. The van der Waals surface area contributed by atoms with Crippen LogP contribution in [-0.2, 0) is 0 Å². The third-order valence-corrected chi connectivity index (χ3v) is 4.34. The number of thiocarbonyl (C=S) groups is 1. The van der Waals surface area contributed by atoms with Gasteiger partial charge in [0.1, 0.15) is 0 Å². The van der Waals surface area contributed by atoms with Crippen molar-refractivity contribution >= 4 is 23.1 Å². The summed E-state index contributed by atoms with van der Waals surface area (Å²) in [7, 11) is 0. The normalized spacial score (nSPS) is 18.9. The Morgan fingerprint density at radius 2 is 1.90 bits per heavy atom. The minimum atomic E-state index is 0.112. The fourth-order valence-corrected chi connectivity index (χ4v) is 3.26. The lowest BCUT2D eigenvalue weighted by atomic mass is 9.95. The molecule has 1 amide bonds. The third kappa shape index (κ3) is 3.01. The van der Waals surface area contributed by atoms with Crippen LogP contribution in [0.15, 0.2) is 12.1 Å². The summed E-state index contributed by atoms with van der Waals surface area (Å²) in [4.78, 5) is 15.2. The van der Waals surface area contributed by atoms with Crippen LogP contribution in [0.1, 0.15) is 39.9 Å². The van der Waals surface area contributed by atoms with Crippen LogP contribution in [0.4, 0.5) is 0 Å². The minimum Gasteiger partial charge on any atom is -0.393 e. The molecule has 0 bridgehead atoms. The highest BCUT2D eigenvalue weighted by Crippen LogP contribution is 2.23. The number of carbonyl (C=O) groups is 1. The molecule has 108 valence electrons. The van der Waals surface area contributed by atoms with Crippen molar-refractivity contribution in [1.29, 1.82) is 0 Å². The van der Waals surface area contributed by atoms with E-state index >= 15 is 0 Å². The maximum atomic E-state index is 12.8. The Morgan fingerprint density at radius 1 is 1.30 bits per heavy atom. The fourth-order valence-electron chi connectivity index (χ4n) is 3.07. The van der Waals surface area contributed by atoms with Gasteiger partial charge in [0.25, 0.3) is 5.91 Å². The first-order valence-corrected chi connectivity index (χ1v) is 7.47. The molecule has 0 spiro atoms. The zero-order valence-electron chi connectivity index (χ0n) is 12.4. The van der Waals surface area contributed by atoms with Gasteiger partial charge in [-0.05, 0) is 44.7 Å². The molecule has 1 atom stereocenters. The number of benzene rings is 1. The first-order chi connectivity index (χ1) is 9.40. The zero-order chi connectivity index (χ0) is 14.9. The van der Waals surface area contributed by atoms with Gasteiger partial charge >= 0.3 is 0 Å². The molecule has 1 heterocycles. The molecule has 1 aliphatic heterocycles. The number of nitrogens with two attached hydrogens (primary N) is 1. The molecule has 1 aromatic rings. The Morgan fingerprint density at radius 3 is 2.45 bits per heavy atom. The minimum absolute atomic E-state index is 0.112. The molecule has 2 rings (SSSR count). The number of amides is 1. The molecule has 1 fully saturated rings. The van der Waals surface area contributed by atoms with Crippen molar-refractivity contribution in [3.05, 3.63) is 34.4 Å². The summed E-state index contributed by atoms with van der Waals surface area (Å²) in [5, 5.41) is 0. The van der Waals surface area contributed by atoms with E-state index in [1.165, 1.54) is 5.56 Å². The van der Waals surface area contributed by atoms with Crippen LogP contribution < -0.4 is 5.73 Å². The second-order valence-electron chi connectivity index (χ2n) is 5.77. The van der Waals surface area contributed by atoms with Gasteiger partial charge in [-0.15, -0.1) is 0 Å². The molecule has 0 aromatic heterocycles. The molecule has 0 saturated carbocycles. The van der Waals surface area contributed by atoms with E-state index in [0.29, 0.717) is 11.5 Å². The second-order valence-corrected chi connectivity index (χ2v) is 6.24. The average Bonchev–Trinajstić information content (AvgIpc) is 2.37. The van der Waals surface area contributed by atoms with Gasteiger partial charge in [0, 0.05) is 24.6 Å². The van der Waals surface area contributed by atoms with E-state index in [2.05, 4.69) is 19.1 Å². The first kappa shape index (κ1) is 15.0. The second kappa shape index (κ2) is 5.92. The van der Waals surface area contributed by atoms with Gasteiger partial charge in [0.05, 0.1) is 4.99 Å². The van der Waals surface area contributed by atoms with Crippen LogP contribution in [0.3, 0.4) is 0 Å². The van der Waals surface area contributed by atoms with E-state index in [4.69, 9.17) is 18.0 Å². The lowest BCUT2D eigenvalue weighted by molar-refractivity contribution is 0.0702. The molecular formula is C16H22N2OS. The van der Waals surface area contributed by atoms with E-state index in [-0.39, 0.29) is 11.8 Å². The Hall–Kier alpha value is -1.42. The Labute approximate surface area is 126 Å². The number of piperidine rings is 1. The van der Waals surface area contributed by atoms with Crippen LogP contribution in [0.25, 0.3) is 0 Å². The van der Waals surface area contributed by atoms with E-state index in [1.807, 2.05) is 18.7 Å². The fraction of sp³-hybridized carbons (Fsp3) is 0.500. The van der Waals surface area contributed by atoms with E-state index < -0.39 is 0 Å². The monoisotopic (exact) mass is 290 g/mol. The largest absolute Gasteiger partial charge is 0.393 e. The van der Waals surface area contributed by atoms with Crippen LogP contribution in [-0.4, -0.2) is 28.9 Å². The topological polar surface area (TPSA) is 46.3 Å². The summed E-state index contributed by atoms with van der Waals surface area (Å²) < 4.78 is 0. The standard InChI is InChI=1S/C16H22N2OS/c1-10-7-11(2)14(12(3)8-10)16(19)18-6-4-5-13(9-18)15(17)20/h7-8,13H,4-6,9H2,1-3H3,(H2,17,20). The number of aryl methyl sites for hydroxylation is 3. The number of hydrogen-bond acceptors (Lipinski definition) is 2. The van der Waals surface area contributed by atoms with Crippen molar-refractivity contribution in [2.24, 2.45) is 11.7 Å². The molecule has 1 saturated heterocycles. The van der Waals surface area contributed by atoms with Gasteiger partial charge in [-0.3, -0.25) is 4.79 Å². The van der Waals surface area contributed by atoms with E-state index in [9.17, 15) is 4.79 Å². The molecule has 2 N–H and O–H groups in total. The number of carbonyl (C=O) groups excluding carboxylic acids is 1. The smallest absolute Gasteiger partial charge is 0.254 e. The molecule has 4 heteroatoms. The molecule has 0 aliphatic carbocycles. The summed E-state index contributed by atoms with van der Waals surface area (Å²) in [5.41, 5.74) is 9.86. The van der Waals surface area contributed by atoms with Crippen molar-refractivity contribution < 1.29 is 4.79 Å². The lowest BCUT2D eigenvalue weighted by Gasteiger charge is -2.33. The Bertz CT molecular complexity index is 530. The van der Waals surface area contributed by atoms with E-state index in [0.717, 1.165) is 36.1 Å². The molecule has 1 unspecified atom stereocenters. The van der Waals surface area contributed by atoms with Gasteiger partial charge < -0.3 is 10.6 Å². The average molecular weight is 290 g/mol. The van der Waals surface area contributed by atoms with Crippen molar-refractivity contribution in [3.8, 4) is 0 Å². The summed E-state index contributed by atoms with van der Waals surface area (Å²) in [6.45, 7) is 7.51. The first-order valence-electron chi connectivity index (χ1n) is 7.06. The number of nitrogens with zero attached hydrogens (tertiary/aromatic N) is 1. The maximum Gasteiger partial charge on any atom is 0.254 e. The van der Waals surface area contributed by atoms with Gasteiger partial charge in [0.2, 0.25) is 0 Å². The van der Waals surface area contributed by atoms with Crippen molar-refractivity contribution in [1.82, 2.24) is 4.90 Å². The Balaban J connectivity index is 2.25. The Kier molecular flexibility index (Phi) is 4.43. The highest BCUT2D eigenvalue weighted by atomic mass is 32.1. The van der Waals surface area contributed by atoms with Gasteiger partial charge in [-0.2, -0.15) is 0 Å². The summed E-state index contributed by atoms with van der Waals surface area (Å²) >= 11 is 5.08. The highest BCUT2D eigenvalue weighted by Gasteiger charge is 2.27. The summed E-state index contributed by atoms with van der Waals surface area (Å²) in [5.74, 6) is 0.273. The van der Waals surface area contributed by atoms with Crippen molar-refractivity contribution in [2.75, 3.05) is 13.1 Å². The molecular weight excluding hydrogens is 268 g/mol. The lowest BCUT2D eigenvalue weighted by Crippen LogP contribution is -2.44. The zero-order valence-corrected chi connectivity index (χ0v) is 13.2. The number of likely N-dealkylation sites (tertiary alicyclic amines) is 1. The summed E-state index contributed by atoms with van der Waals surface area (Å²) in [6, 6.07) is 4.13. The van der Waals surface area contributed by atoms with Crippen molar-refractivity contribution in [3.63, 3.8) is 0 Å². The van der Waals surface area contributed by atoms with Crippen LogP contribution >= 0.6 is 12.2 Å². The predicted octanol–water partition coefficient (Wildman–Crippen LogP) is 2.75. The molecule has 0 radical (unpaired) electrons. The van der Waals surface area contributed by atoms with E-state index in [1.54, 1.807) is 0 Å². The third-order valence-electron chi connectivity index (χ3n) is 4.00. The summed E-state index contributed by atoms with van der Waals surface area (Å²) in [6.07, 6.45) is 1.96. The van der Waals surface area contributed by atoms with Crippen molar-refractivity contribution in [2.45, 2.75) is 33.6 Å². The highest BCUT2D eigenvalue weighted by molar-refractivity contribution is 7.80. The van der Waals surface area contributed by atoms with Gasteiger partial charge in [-0.1, -0.05) is 29.9 Å². The van der Waals surface area contributed by atoms with Crippen LogP contribution in [0, 0.1) is 26.7 Å². The molecule has 1 aliphatic rings. The number of hydrogen-bond donors (Lipinski definition) is 1. The van der Waals surface area contributed by atoms with Gasteiger partial charge in [-0.25, -0.2) is 0 Å². The molecule has 20 heavy (non-hydrogen) atoms. The molecule has 3 nitrogen and oxygen atoms in total. The van der Waals surface area contributed by atoms with Crippen LogP contribution in [0.5, 0.6) is 0 Å². The quantitative estimate of drug-likeness (QED) is 0.852. The molecule has 1 aromatic carbocycles. The maximum absolute atomic E-state index is 12.8. The van der Waals surface area contributed by atoms with Crippen LogP contribution in [0.2, 0.25) is 0 Å². The number of rotatable bonds is 2. The predicted molar refractivity (Wildman–Crippen MR) is 86.1 cm³/mol. The van der Waals surface area contributed by atoms with Gasteiger partial charge in [0.15, 0.2) is 0 Å².